The number of hydrogen-bond acceptors (Lipinski definition) is 6. The summed E-state index contributed by atoms with van der Waals surface area (Å²) in [5.41, 5.74) is 5.21. The van der Waals surface area contributed by atoms with Gasteiger partial charge in [0.25, 0.3) is 21.6 Å². The molecule has 0 unspecified atom stereocenters. The third kappa shape index (κ3) is 3.77. The predicted molar refractivity (Wildman–Crippen MR) is 91.7 cm³/mol. The molecule has 0 bridgehead atoms. The highest BCUT2D eigenvalue weighted by atomic mass is 32.2. The fourth-order valence-corrected chi connectivity index (χ4v) is 4.54. The number of amides is 1. The molecule has 0 spiro atoms. The quantitative estimate of drug-likeness (QED) is 0.615. The predicted octanol–water partition coefficient (Wildman–Crippen LogP) is 1.51. The number of sulfonamides is 1. The van der Waals surface area contributed by atoms with Gasteiger partial charge in [-0.15, -0.1) is 4.40 Å². The number of aromatic nitrogens is 1. The van der Waals surface area contributed by atoms with Gasteiger partial charge in [-0.05, 0) is 12.0 Å². The molecule has 0 atom stereocenters. The summed E-state index contributed by atoms with van der Waals surface area (Å²) >= 11 is 1.04. The summed E-state index contributed by atoms with van der Waals surface area (Å²) in [5, 5.41) is 10.8. The first kappa shape index (κ1) is 18.8. The van der Waals surface area contributed by atoms with Gasteiger partial charge in [-0.25, -0.2) is 0 Å². The van der Waals surface area contributed by atoms with E-state index in [-0.39, 0.29) is 27.0 Å². The first-order valence-electron chi connectivity index (χ1n) is 7.09. The van der Waals surface area contributed by atoms with Crippen molar-refractivity contribution >= 4 is 33.0 Å². The van der Waals surface area contributed by atoms with Gasteiger partial charge in [-0.2, -0.15) is 8.42 Å². The highest BCUT2D eigenvalue weighted by Crippen LogP contribution is 2.23. The standard InChI is InChI=1S/C14H16N4O5S2/c1-8(2)12-11(13(15)19)17(3)14(24-12)16-25(22,23)10-6-4-5-9(7-10)18(20)21/h4-8H,1-3H3,(H2,15,19)/b16-14-. The van der Waals surface area contributed by atoms with Crippen molar-refractivity contribution in [1.82, 2.24) is 4.57 Å². The van der Waals surface area contributed by atoms with E-state index in [0.29, 0.717) is 4.88 Å². The van der Waals surface area contributed by atoms with Crippen molar-refractivity contribution in [3.63, 3.8) is 0 Å². The third-order valence-corrected chi connectivity index (χ3v) is 6.15. The zero-order valence-electron chi connectivity index (χ0n) is 13.7. The molecule has 1 amide bonds. The minimum atomic E-state index is -4.19. The second kappa shape index (κ2) is 6.76. The van der Waals surface area contributed by atoms with Crippen LogP contribution in [0.2, 0.25) is 0 Å². The number of nitrogens with two attached hydrogens (primary N) is 1. The largest absolute Gasteiger partial charge is 0.364 e. The smallest absolute Gasteiger partial charge is 0.285 e. The summed E-state index contributed by atoms with van der Waals surface area (Å²) in [6, 6.07) is 4.61. The van der Waals surface area contributed by atoms with E-state index in [2.05, 4.69) is 4.40 Å². The fourth-order valence-electron chi connectivity index (χ4n) is 2.15. The third-order valence-electron chi connectivity index (χ3n) is 3.34. The molecule has 0 fully saturated rings. The highest BCUT2D eigenvalue weighted by molar-refractivity contribution is 7.90. The SMILES string of the molecule is CC(C)c1s/c(=N\S(=O)(=O)c2cccc([N+](=O)[O-])c2)n(C)c1C(N)=O. The van der Waals surface area contributed by atoms with E-state index in [4.69, 9.17) is 5.73 Å². The minimum Gasteiger partial charge on any atom is -0.364 e. The molecule has 2 rings (SSSR count). The minimum absolute atomic E-state index is 0.0526. The molecule has 2 aromatic rings. The Kier molecular flexibility index (Phi) is 5.09. The molecule has 1 aromatic carbocycles. The Hall–Kier alpha value is -2.53. The molecule has 1 aromatic heterocycles. The summed E-state index contributed by atoms with van der Waals surface area (Å²) in [6.45, 7) is 3.69. The molecule has 0 radical (unpaired) electrons. The number of carbonyl (C=O) groups excluding carboxylic acids is 1. The van der Waals surface area contributed by atoms with E-state index in [1.807, 2.05) is 13.8 Å². The van der Waals surface area contributed by atoms with Gasteiger partial charge in [0.1, 0.15) is 5.69 Å². The lowest BCUT2D eigenvalue weighted by atomic mass is 10.1. The lowest BCUT2D eigenvalue weighted by Crippen LogP contribution is -2.23. The summed E-state index contributed by atoms with van der Waals surface area (Å²) < 4.78 is 30.0. The molecule has 134 valence electrons. The van der Waals surface area contributed by atoms with Gasteiger partial charge in [-0.1, -0.05) is 31.3 Å². The Bertz CT molecular complexity index is 1020. The summed E-state index contributed by atoms with van der Waals surface area (Å²) in [7, 11) is -2.70. The van der Waals surface area contributed by atoms with Crippen molar-refractivity contribution in [2.45, 2.75) is 24.7 Å². The van der Waals surface area contributed by atoms with Crippen LogP contribution in [0.25, 0.3) is 0 Å². The van der Waals surface area contributed by atoms with Gasteiger partial charge in [-0.3, -0.25) is 14.9 Å². The van der Waals surface area contributed by atoms with E-state index in [9.17, 15) is 23.3 Å². The maximum absolute atomic E-state index is 12.5. The molecule has 0 aliphatic carbocycles. The zero-order valence-corrected chi connectivity index (χ0v) is 15.3. The van der Waals surface area contributed by atoms with Crippen molar-refractivity contribution in [3.8, 4) is 0 Å². The van der Waals surface area contributed by atoms with E-state index in [1.165, 1.54) is 29.8 Å². The van der Waals surface area contributed by atoms with Crippen molar-refractivity contribution in [2.24, 2.45) is 17.2 Å². The number of nitro groups is 1. The van der Waals surface area contributed by atoms with Crippen molar-refractivity contribution in [2.75, 3.05) is 0 Å². The van der Waals surface area contributed by atoms with Crippen molar-refractivity contribution in [3.05, 3.63) is 49.8 Å². The van der Waals surface area contributed by atoms with Gasteiger partial charge in [0.15, 0.2) is 0 Å². The molecule has 0 saturated carbocycles. The molecule has 2 N–H and O–H groups in total. The van der Waals surface area contributed by atoms with Crippen molar-refractivity contribution < 1.29 is 18.1 Å². The Morgan fingerprint density at radius 3 is 2.52 bits per heavy atom. The number of thiazole rings is 1. The van der Waals surface area contributed by atoms with Gasteiger partial charge in [0, 0.05) is 24.1 Å². The van der Waals surface area contributed by atoms with Crippen LogP contribution >= 0.6 is 11.3 Å². The first-order valence-corrected chi connectivity index (χ1v) is 9.35. The second-order valence-electron chi connectivity index (χ2n) is 5.50. The average Bonchev–Trinajstić information content (AvgIpc) is 2.84. The van der Waals surface area contributed by atoms with E-state index in [1.54, 1.807) is 0 Å². The van der Waals surface area contributed by atoms with Crippen LogP contribution in [-0.2, 0) is 17.1 Å². The number of primary amides is 1. The lowest BCUT2D eigenvalue weighted by molar-refractivity contribution is -0.385. The number of carbonyl (C=O) groups is 1. The number of nitro benzene ring substituents is 1. The maximum atomic E-state index is 12.5. The van der Waals surface area contributed by atoms with Crippen LogP contribution in [0, 0.1) is 10.1 Å². The monoisotopic (exact) mass is 384 g/mol. The number of benzene rings is 1. The average molecular weight is 384 g/mol. The summed E-state index contributed by atoms with van der Waals surface area (Å²) in [4.78, 5) is 22.2. The van der Waals surface area contributed by atoms with E-state index in [0.717, 1.165) is 17.4 Å². The van der Waals surface area contributed by atoms with Crippen LogP contribution < -0.4 is 10.5 Å². The van der Waals surface area contributed by atoms with Crippen LogP contribution in [-0.4, -0.2) is 23.8 Å². The molecule has 0 aliphatic rings. The van der Waals surface area contributed by atoms with E-state index >= 15 is 0 Å². The van der Waals surface area contributed by atoms with E-state index < -0.39 is 20.9 Å². The molecule has 9 nitrogen and oxygen atoms in total. The number of hydrogen-bond donors (Lipinski definition) is 1. The zero-order chi connectivity index (χ0) is 18.9. The molecule has 0 aliphatic heterocycles. The first-order chi connectivity index (χ1) is 11.5. The molecule has 0 saturated heterocycles. The van der Waals surface area contributed by atoms with Crippen molar-refractivity contribution in [1.29, 1.82) is 0 Å². The van der Waals surface area contributed by atoms with Crippen LogP contribution in [0.3, 0.4) is 0 Å². The fraction of sp³-hybridized carbons (Fsp3) is 0.286. The van der Waals surface area contributed by atoms with Gasteiger partial charge in [0.2, 0.25) is 4.80 Å². The molecular weight excluding hydrogens is 368 g/mol. The van der Waals surface area contributed by atoms with Crippen LogP contribution in [0.15, 0.2) is 33.6 Å². The Morgan fingerprint density at radius 1 is 1.40 bits per heavy atom. The van der Waals surface area contributed by atoms with Crippen LogP contribution in [0.1, 0.15) is 35.1 Å². The Balaban J connectivity index is 2.67. The lowest BCUT2D eigenvalue weighted by Gasteiger charge is -2.04. The highest BCUT2D eigenvalue weighted by Gasteiger charge is 2.21. The number of rotatable bonds is 5. The summed E-state index contributed by atoms with van der Waals surface area (Å²) in [5.74, 6) is -0.736. The van der Waals surface area contributed by atoms with Crippen LogP contribution in [0.4, 0.5) is 5.69 Å². The Morgan fingerprint density at radius 2 is 2.04 bits per heavy atom. The number of nitrogens with zero attached hydrogens (tertiary/aromatic N) is 3. The van der Waals surface area contributed by atoms with Gasteiger partial charge in [0.05, 0.1) is 9.82 Å². The topological polar surface area (TPSA) is 138 Å². The van der Waals surface area contributed by atoms with Gasteiger partial charge >= 0.3 is 0 Å². The van der Waals surface area contributed by atoms with Crippen LogP contribution in [0.5, 0.6) is 0 Å². The normalized spacial score (nSPS) is 12.6. The number of non-ortho nitro benzene ring substituents is 1. The second-order valence-corrected chi connectivity index (χ2v) is 8.11. The molecular formula is C14H16N4O5S2. The van der Waals surface area contributed by atoms with Gasteiger partial charge < -0.3 is 10.3 Å². The molecule has 25 heavy (non-hydrogen) atoms. The molecule has 11 heteroatoms. The Labute approximate surface area is 147 Å². The molecule has 1 heterocycles. The maximum Gasteiger partial charge on any atom is 0.285 e. The summed E-state index contributed by atoms with van der Waals surface area (Å²) in [6.07, 6.45) is 0.